The number of nitrogens with zero attached hydrogens (tertiary/aromatic N) is 3. The fraction of sp³-hybridized carbons (Fsp3) is 0.469. The molecule has 4 aromatic rings. The van der Waals surface area contributed by atoms with Gasteiger partial charge in [-0.05, 0) is 87.5 Å². The van der Waals surface area contributed by atoms with E-state index in [4.69, 9.17) is 20.6 Å². The van der Waals surface area contributed by atoms with E-state index in [0.29, 0.717) is 41.7 Å². The Morgan fingerprint density at radius 3 is 2.54 bits per heavy atom. The molecule has 2 heterocycles. The highest BCUT2D eigenvalue weighted by Crippen LogP contribution is 2.57. The normalized spacial score (nSPS) is 25.5. The molecule has 7 rings (SSSR count). The molecule has 3 fully saturated rings. The van der Waals surface area contributed by atoms with Gasteiger partial charge in [0, 0.05) is 16.2 Å². The molecule has 0 amide bonds. The topological polar surface area (TPSA) is 82.0 Å². The van der Waals surface area contributed by atoms with Crippen molar-refractivity contribution in [3.63, 3.8) is 0 Å². The van der Waals surface area contributed by atoms with Crippen LogP contribution in [0.1, 0.15) is 77.6 Å². The van der Waals surface area contributed by atoms with Gasteiger partial charge in [-0.2, -0.15) is 0 Å². The van der Waals surface area contributed by atoms with Crippen molar-refractivity contribution in [2.45, 2.75) is 83.2 Å². The van der Waals surface area contributed by atoms with E-state index in [1.807, 2.05) is 32.0 Å². The summed E-state index contributed by atoms with van der Waals surface area (Å²) in [5.41, 5.74) is 3.32. The highest BCUT2D eigenvalue weighted by molar-refractivity contribution is 7.18. The molecule has 0 radical (unpaired) electrons. The number of aliphatic hydroxyl groups is 1. The molecule has 3 aliphatic rings. The minimum Gasteiger partial charge on any atom is -0.487 e. The van der Waals surface area contributed by atoms with E-state index in [9.17, 15) is 9.50 Å². The maximum absolute atomic E-state index is 14.6. The summed E-state index contributed by atoms with van der Waals surface area (Å²) in [6.07, 6.45) is 5.35. The van der Waals surface area contributed by atoms with Gasteiger partial charge < -0.3 is 19.1 Å². The Kier molecular flexibility index (Phi) is 6.61. The van der Waals surface area contributed by atoms with E-state index in [0.717, 1.165) is 59.6 Å². The van der Waals surface area contributed by atoms with Crippen molar-refractivity contribution in [3.05, 3.63) is 80.7 Å². The summed E-state index contributed by atoms with van der Waals surface area (Å²) in [6, 6.07) is 8.98. The third-order valence-electron chi connectivity index (χ3n) is 9.18. The Morgan fingerprint density at radius 1 is 1.12 bits per heavy atom. The van der Waals surface area contributed by atoms with Gasteiger partial charge in [-0.25, -0.2) is 14.2 Å². The van der Waals surface area contributed by atoms with Crippen molar-refractivity contribution in [2.75, 3.05) is 0 Å². The molecule has 7 nitrogen and oxygen atoms in total. The van der Waals surface area contributed by atoms with Gasteiger partial charge in [-0.3, -0.25) is 0 Å². The van der Waals surface area contributed by atoms with Crippen LogP contribution < -0.4 is 4.74 Å². The summed E-state index contributed by atoms with van der Waals surface area (Å²) in [5.74, 6) is 1.63. The number of thiazole rings is 1. The number of aromatic nitrogens is 2. The SMILES string of the molecule is [C-]#[N+]c1cc(F)c2nc(C3(O)C4CC[C@H]3CC(OCc3c(COc5c(C)cccc5C)noc3C3CC3)C4)sc2c1. The van der Waals surface area contributed by atoms with Crippen molar-refractivity contribution >= 4 is 27.2 Å². The average molecular weight is 574 g/mol. The number of halogens is 1. The predicted molar refractivity (Wildman–Crippen MR) is 152 cm³/mol. The number of benzene rings is 2. The number of ether oxygens (including phenoxy) is 2. The van der Waals surface area contributed by atoms with E-state index in [-0.39, 0.29) is 29.1 Å². The lowest BCUT2D eigenvalue weighted by atomic mass is 9.73. The first kappa shape index (κ1) is 26.6. The summed E-state index contributed by atoms with van der Waals surface area (Å²) >= 11 is 1.31. The Bertz CT molecular complexity index is 1640. The molecule has 3 saturated carbocycles. The molecule has 1 N–H and O–H groups in total. The van der Waals surface area contributed by atoms with Gasteiger partial charge in [0.15, 0.2) is 5.69 Å². The van der Waals surface area contributed by atoms with Crippen LogP contribution in [0.15, 0.2) is 34.9 Å². The summed E-state index contributed by atoms with van der Waals surface area (Å²) in [6.45, 7) is 12.0. The maximum Gasteiger partial charge on any atom is 0.191 e. The zero-order valence-electron chi connectivity index (χ0n) is 23.2. The number of hydrogen-bond donors (Lipinski definition) is 1. The first-order chi connectivity index (χ1) is 19.8. The lowest BCUT2D eigenvalue weighted by Gasteiger charge is -2.41. The van der Waals surface area contributed by atoms with Gasteiger partial charge in [-0.1, -0.05) is 23.4 Å². The molecule has 3 aliphatic carbocycles. The molecule has 3 unspecified atom stereocenters. The fourth-order valence-corrected chi connectivity index (χ4v) is 8.12. The monoisotopic (exact) mass is 573 g/mol. The summed E-state index contributed by atoms with van der Waals surface area (Å²) in [7, 11) is 0. The lowest BCUT2D eigenvalue weighted by molar-refractivity contribution is -0.116. The van der Waals surface area contributed by atoms with E-state index >= 15 is 0 Å². The van der Waals surface area contributed by atoms with Gasteiger partial charge in [0.05, 0.1) is 19.3 Å². The molecule has 2 aromatic carbocycles. The number of para-hydroxylation sites is 1. The van der Waals surface area contributed by atoms with Crippen LogP contribution >= 0.6 is 11.3 Å². The zero-order valence-corrected chi connectivity index (χ0v) is 24.0. The van der Waals surface area contributed by atoms with Crippen molar-refractivity contribution in [1.82, 2.24) is 10.1 Å². The molecule has 2 aromatic heterocycles. The van der Waals surface area contributed by atoms with E-state index in [1.54, 1.807) is 6.07 Å². The number of aryl methyl sites for hydroxylation is 2. The molecule has 212 valence electrons. The number of hydrogen-bond acceptors (Lipinski definition) is 7. The fourth-order valence-electron chi connectivity index (χ4n) is 6.86. The average Bonchev–Trinajstić information content (AvgIpc) is 3.54. The summed E-state index contributed by atoms with van der Waals surface area (Å²) < 4.78 is 33.8. The highest BCUT2D eigenvalue weighted by atomic mass is 32.1. The second kappa shape index (κ2) is 10.2. The van der Waals surface area contributed by atoms with E-state index in [1.165, 1.54) is 17.4 Å². The van der Waals surface area contributed by atoms with Crippen LogP contribution in [0.5, 0.6) is 5.75 Å². The van der Waals surface area contributed by atoms with E-state index in [2.05, 4.69) is 15.0 Å². The van der Waals surface area contributed by atoms with Crippen molar-refractivity contribution < 1.29 is 23.5 Å². The maximum atomic E-state index is 14.6. The Labute approximate surface area is 242 Å². The highest BCUT2D eigenvalue weighted by Gasteiger charge is 2.56. The third kappa shape index (κ3) is 4.62. The lowest BCUT2D eigenvalue weighted by Crippen LogP contribution is -2.44. The molecule has 4 atom stereocenters. The largest absolute Gasteiger partial charge is 0.487 e. The van der Waals surface area contributed by atoms with Gasteiger partial charge >= 0.3 is 0 Å². The molecule has 0 aliphatic heterocycles. The van der Waals surface area contributed by atoms with Crippen LogP contribution in [0.2, 0.25) is 0 Å². The van der Waals surface area contributed by atoms with Crippen molar-refractivity contribution in [2.24, 2.45) is 11.8 Å². The molecule has 9 heteroatoms. The second-order valence-electron chi connectivity index (χ2n) is 11.9. The second-order valence-corrected chi connectivity index (χ2v) is 12.9. The Balaban J connectivity index is 1.07. The first-order valence-corrected chi connectivity index (χ1v) is 15.1. The third-order valence-corrected chi connectivity index (χ3v) is 10.3. The number of fused-ring (bicyclic) bond motifs is 3. The van der Waals surface area contributed by atoms with Crippen LogP contribution in [0, 0.1) is 38.1 Å². The molecule has 0 saturated heterocycles. The van der Waals surface area contributed by atoms with Crippen molar-refractivity contribution in [3.8, 4) is 5.75 Å². The minimum absolute atomic E-state index is 0.0121. The molecule has 0 spiro atoms. The zero-order chi connectivity index (χ0) is 28.3. The van der Waals surface area contributed by atoms with Crippen LogP contribution in [-0.2, 0) is 23.6 Å². The smallest absolute Gasteiger partial charge is 0.191 e. The van der Waals surface area contributed by atoms with Gasteiger partial charge in [0.2, 0.25) is 0 Å². The first-order valence-electron chi connectivity index (χ1n) is 14.3. The molecular formula is C32H32FN3O4S. The summed E-state index contributed by atoms with van der Waals surface area (Å²) in [5, 5.41) is 16.9. The quantitative estimate of drug-likeness (QED) is 0.218. The van der Waals surface area contributed by atoms with Gasteiger partial charge in [0.25, 0.3) is 0 Å². The Hall–Kier alpha value is -3.32. The van der Waals surface area contributed by atoms with E-state index < -0.39 is 11.4 Å². The van der Waals surface area contributed by atoms with Crippen LogP contribution in [-0.4, -0.2) is 21.4 Å². The van der Waals surface area contributed by atoms with Gasteiger partial charge in [0.1, 0.15) is 45.8 Å². The molecule has 41 heavy (non-hydrogen) atoms. The summed E-state index contributed by atoms with van der Waals surface area (Å²) in [4.78, 5) is 7.92. The molecular weight excluding hydrogens is 541 g/mol. The standard InChI is InChI=1S/C32H32FN3O4S/c1-17-5-4-6-18(2)29(17)39-16-26-24(30(40-36-26)19-7-8-19)15-38-23-11-20-9-10-21(12-23)32(20,37)31-35-28-25(33)13-22(34-3)14-27(28)41-31/h4-6,13-14,19-21,23,37H,7-12,15-16H2,1-2H3/t20-,21?,23?,32?/m0/s1. The van der Waals surface area contributed by atoms with Crippen LogP contribution in [0.25, 0.3) is 15.1 Å². The van der Waals surface area contributed by atoms with Crippen molar-refractivity contribution in [1.29, 1.82) is 0 Å². The number of rotatable bonds is 8. The van der Waals surface area contributed by atoms with Crippen LogP contribution in [0.3, 0.4) is 0 Å². The van der Waals surface area contributed by atoms with Crippen LogP contribution in [0.4, 0.5) is 10.1 Å². The minimum atomic E-state index is -1.10. The Morgan fingerprint density at radius 2 is 1.85 bits per heavy atom. The predicted octanol–water partition coefficient (Wildman–Crippen LogP) is 7.64. The van der Waals surface area contributed by atoms with Gasteiger partial charge in [-0.15, -0.1) is 11.3 Å². The molecule has 2 bridgehead atoms.